The third-order valence-electron chi connectivity index (χ3n) is 5.39. The average molecular weight is 388 g/mol. The molecule has 1 amide bonds. The van der Waals surface area contributed by atoms with Crippen molar-refractivity contribution in [1.29, 1.82) is 0 Å². The van der Waals surface area contributed by atoms with Gasteiger partial charge in [0.05, 0.1) is 6.42 Å². The number of nitrogens with one attached hydrogen (secondary N) is 2. The number of H-pyrrole nitrogens is 2. The summed E-state index contributed by atoms with van der Waals surface area (Å²) in [5, 5.41) is 8.38. The van der Waals surface area contributed by atoms with Gasteiger partial charge in [0.25, 0.3) is 0 Å². The molecule has 0 radical (unpaired) electrons. The molecule has 3 aromatic rings. The Bertz CT molecular complexity index is 1030. The van der Waals surface area contributed by atoms with E-state index in [-0.39, 0.29) is 17.5 Å². The van der Waals surface area contributed by atoms with Crippen LogP contribution in [0.25, 0.3) is 10.9 Å². The van der Waals surface area contributed by atoms with Gasteiger partial charge in [0.2, 0.25) is 5.91 Å². The maximum absolute atomic E-state index is 12.8. The maximum Gasteiger partial charge on any atom is 0.343 e. The van der Waals surface area contributed by atoms with Crippen molar-refractivity contribution in [2.45, 2.75) is 38.6 Å². The number of piperidine rings is 1. The van der Waals surface area contributed by atoms with Gasteiger partial charge < -0.3 is 9.88 Å². The molecule has 1 saturated heterocycles. The highest BCUT2D eigenvalue weighted by molar-refractivity contribution is 6.31. The minimum atomic E-state index is -0.163. The molecule has 4 rings (SSSR count). The Morgan fingerprint density at radius 3 is 2.85 bits per heavy atom. The smallest absolute Gasteiger partial charge is 0.343 e. The standard InChI is InChI=1S/C19H22ClN5O2/c1-2-25-18(22-23-19(25)27)12-5-7-24(8-6-12)17(26)9-13-11-21-16-4-3-14(20)10-15(13)16/h3-4,10-12,21H,2,5-9H2,1H3,(H,23,27). The van der Waals surface area contributed by atoms with Crippen LogP contribution in [-0.4, -0.2) is 43.6 Å². The number of aromatic nitrogens is 4. The van der Waals surface area contributed by atoms with Gasteiger partial charge >= 0.3 is 5.69 Å². The van der Waals surface area contributed by atoms with Crippen LogP contribution in [-0.2, 0) is 17.8 Å². The van der Waals surface area contributed by atoms with Crippen molar-refractivity contribution in [2.24, 2.45) is 0 Å². The zero-order valence-electron chi connectivity index (χ0n) is 15.2. The second kappa shape index (κ2) is 7.23. The van der Waals surface area contributed by atoms with E-state index in [1.165, 1.54) is 0 Å². The van der Waals surface area contributed by atoms with Crippen molar-refractivity contribution in [3.63, 3.8) is 0 Å². The Hall–Kier alpha value is -2.54. The highest BCUT2D eigenvalue weighted by Gasteiger charge is 2.27. The van der Waals surface area contributed by atoms with Crippen molar-refractivity contribution in [3.8, 4) is 0 Å². The summed E-state index contributed by atoms with van der Waals surface area (Å²) in [6.45, 7) is 3.90. The monoisotopic (exact) mass is 387 g/mol. The zero-order valence-corrected chi connectivity index (χ0v) is 15.9. The summed E-state index contributed by atoms with van der Waals surface area (Å²) >= 11 is 6.09. The highest BCUT2D eigenvalue weighted by Crippen LogP contribution is 2.27. The fourth-order valence-electron chi connectivity index (χ4n) is 3.91. The van der Waals surface area contributed by atoms with E-state index in [0.717, 1.165) is 35.1 Å². The molecule has 0 spiro atoms. The number of halogens is 1. The first-order chi connectivity index (χ1) is 13.1. The van der Waals surface area contributed by atoms with Crippen molar-refractivity contribution >= 4 is 28.4 Å². The second-order valence-corrected chi connectivity index (χ2v) is 7.40. The molecule has 2 aromatic heterocycles. The van der Waals surface area contributed by atoms with E-state index < -0.39 is 0 Å². The van der Waals surface area contributed by atoms with Crippen LogP contribution >= 0.6 is 11.6 Å². The Morgan fingerprint density at radius 1 is 1.33 bits per heavy atom. The number of fused-ring (bicyclic) bond motifs is 1. The number of carbonyl (C=O) groups is 1. The number of hydrogen-bond donors (Lipinski definition) is 2. The van der Waals surface area contributed by atoms with Gasteiger partial charge in [-0.1, -0.05) is 11.6 Å². The first-order valence-electron chi connectivity index (χ1n) is 9.25. The molecule has 1 aliphatic rings. The molecule has 0 unspecified atom stereocenters. The summed E-state index contributed by atoms with van der Waals surface area (Å²) < 4.78 is 1.68. The Balaban J connectivity index is 1.42. The SMILES string of the molecule is CCn1c(C2CCN(C(=O)Cc3c[nH]c4ccc(Cl)cc34)CC2)n[nH]c1=O. The molecule has 1 aromatic carbocycles. The quantitative estimate of drug-likeness (QED) is 0.721. The van der Waals surface area contributed by atoms with Crippen molar-refractivity contribution in [1.82, 2.24) is 24.6 Å². The Kier molecular flexibility index (Phi) is 4.78. The van der Waals surface area contributed by atoms with Crippen LogP contribution < -0.4 is 5.69 Å². The van der Waals surface area contributed by atoms with E-state index in [9.17, 15) is 9.59 Å². The van der Waals surface area contributed by atoms with Gasteiger partial charge in [-0.15, -0.1) is 0 Å². The van der Waals surface area contributed by atoms with Gasteiger partial charge in [-0.25, -0.2) is 9.89 Å². The first-order valence-corrected chi connectivity index (χ1v) is 9.63. The van der Waals surface area contributed by atoms with E-state index in [1.807, 2.05) is 36.2 Å². The van der Waals surface area contributed by atoms with Crippen LogP contribution in [0.15, 0.2) is 29.2 Å². The fraction of sp³-hybridized carbons (Fsp3) is 0.421. The highest BCUT2D eigenvalue weighted by atomic mass is 35.5. The molecular formula is C19H22ClN5O2. The summed E-state index contributed by atoms with van der Waals surface area (Å²) in [4.78, 5) is 29.6. The van der Waals surface area contributed by atoms with Crippen LogP contribution in [0, 0.1) is 0 Å². The van der Waals surface area contributed by atoms with Gasteiger partial charge in [-0.2, -0.15) is 5.10 Å². The summed E-state index contributed by atoms with van der Waals surface area (Å²) in [5.74, 6) is 1.13. The molecular weight excluding hydrogens is 366 g/mol. The largest absolute Gasteiger partial charge is 0.361 e. The van der Waals surface area contributed by atoms with Crippen LogP contribution in [0.3, 0.4) is 0 Å². The normalized spacial score (nSPS) is 15.6. The number of amides is 1. The first kappa shape index (κ1) is 17.9. The number of carbonyl (C=O) groups excluding carboxylic acids is 1. The van der Waals surface area contributed by atoms with E-state index in [2.05, 4.69) is 15.2 Å². The third kappa shape index (κ3) is 3.39. The lowest BCUT2D eigenvalue weighted by Gasteiger charge is -2.31. The molecule has 7 nitrogen and oxygen atoms in total. The lowest BCUT2D eigenvalue weighted by atomic mass is 9.95. The molecule has 0 atom stereocenters. The van der Waals surface area contributed by atoms with Gasteiger partial charge in [0.15, 0.2) is 0 Å². The number of rotatable bonds is 4. The summed E-state index contributed by atoms with van der Waals surface area (Å²) in [7, 11) is 0. The molecule has 1 fully saturated rings. The molecule has 27 heavy (non-hydrogen) atoms. The number of aromatic amines is 2. The molecule has 142 valence electrons. The molecule has 1 aliphatic heterocycles. The van der Waals surface area contributed by atoms with Crippen LogP contribution in [0.4, 0.5) is 0 Å². The molecule has 0 bridgehead atoms. The lowest BCUT2D eigenvalue weighted by molar-refractivity contribution is -0.131. The summed E-state index contributed by atoms with van der Waals surface area (Å²) in [6, 6.07) is 5.65. The minimum Gasteiger partial charge on any atom is -0.361 e. The fourth-order valence-corrected chi connectivity index (χ4v) is 4.08. The predicted octanol–water partition coefficient (Wildman–Crippen LogP) is 2.67. The van der Waals surface area contributed by atoms with Gasteiger partial charge in [-0.3, -0.25) is 9.36 Å². The van der Waals surface area contributed by atoms with Gasteiger partial charge in [0, 0.05) is 47.7 Å². The average Bonchev–Trinajstić information content (AvgIpc) is 3.25. The molecule has 0 saturated carbocycles. The minimum absolute atomic E-state index is 0.115. The summed E-state index contributed by atoms with van der Waals surface area (Å²) in [6.07, 6.45) is 3.87. The second-order valence-electron chi connectivity index (χ2n) is 6.97. The topological polar surface area (TPSA) is 86.8 Å². The molecule has 0 aliphatic carbocycles. The van der Waals surface area contributed by atoms with E-state index >= 15 is 0 Å². The van der Waals surface area contributed by atoms with Crippen molar-refractivity contribution in [3.05, 3.63) is 51.3 Å². The molecule has 8 heteroatoms. The Labute approximate surface area is 161 Å². The molecule has 2 N–H and O–H groups in total. The predicted molar refractivity (Wildman–Crippen MR) is 104 cm³/mol. The van der Waals surface area contributed by atoms with Crippen molar-refractivity contribution < 1.29 is 4.79 Å². The van der Waals surface area contributed by atoms with E-state index in [1.54, 1.807) is 4.57 Å². The van der Waals surface area contributed by atoms with Crippen LogP contribution in [0.5, 0.6) is 0 Å². The maximum atomic E-state index is 12.8. The van der Waals surface area contributed by atoms with Crippen LogP contribution in [0.1, 0.15) is 37.1 Å². The van der Waals surface area contributed by atoms with E-state index in [4.69, 9.17) is 11.6 Å². The van der Waals surface area contributed by atoms with Gasteiger partial charge in [0.1, 0.15) is 5.82 Å². The molecule has 3 heterocycles. The lowest BCUT2D eigenvalue weighted by Crippen LogP contribution is -2.39. The zero-order chi connectivity index (χ0) is 19.0. The number of benzene rings is 1. The van der Waals surface area contributed by atoms with E-state index in [0.29, 0.717) is 31.1 Å². The number of hydrogen-bond acceptors (Lipinski definition) is 3. The number of nitrogens with zero attached hydrogens (tertiary/aromatic N) is 3. The van der Waals surface area contributed by atoms with Crippen molar-refractivity contribution in [2.75, 3.05) is 13.1 Å². The van der Waals surface area contributed by atoms with Crippen LogP contribution in [0.2, 0.25) is 5.02 Å². The summed E-state index contributed by atoms with van der Waals surface area (Å²) in [5.41, 5.74) is 1.78. The number of likely N-dealkylation sites (tertiary alicyclic amines) is 1. The third-order valence-corrected chi connectivity index (χ3v) is 5.62. The van der Waals surface area contributed by atoms with Gasteiger partial charge in [-0.05, 0) is 43.5 Å². The Morgan fingerprint density at radius 2 is 2.11 bits per heavy atom.